The molecule has 0 amide bonds. The molecule has 3 nitrogen and oxygen atoms in total. The summed E-state index contributed by atoms with van der Waals surface area (Å²) in [5, 5.41) is 4.66. The first-order chi connectivity index (χ1) is 8.65. The van der Waals surface area contributed by atoms with E-state index in [1.165, 1.54) is 16.4 Å². The fourth-order valence-electron chi connectivity index (χ4n) is 2.24. The Balaban J connectivity index is 1.94. The van der Waals surface area contributed by atoms with Crippen molar-refractivity contribution >= 4 is 28.3 Å². The Morgan fingerprint density at radius 2 is 2.00 bits per heavy atom. The van der Waals surface area contributed by atoms with E-state index in [9.17, 15) is 0 Å². The maximum Gasteiger partial charge on any atom is 0.115 e. The number of rotatable bonds is 3. The maximum absolute atomic E-state index is 6.08. The quantitative estimate of drug-likeness (QED) is 0.855. The lowest BCUT2D eigenvalue weighted by Gasteiger charge is -2.09. The Kier molecular flexibility index (Phi) is 3.05. The van der Waals surface area contributed by atoms with E-state index < -0.39 is 0 Å². The second-order valence-electron chi connectivity index (χ2n) is 5.00. The molecular weight excluding hydrogens is 337 g/mol. The van der Waals surface area contributed by atoms with Crippen molar-refractivity contribution < 1.29 is 0 Å². The van der Waals surface area contributed by atoms with Gasteiger partial charge in [-0.3, -0.25) is 4.68 Å². The van der Waals surface area contributed by atoms with Gasteiger partial charge in [-0.15, -0.1) is 0 Å². The summed E-state index contributed by atoms with van der Waals surface area (Å²) < 4.78 is 3.25. The topological polar surface area (TPSA) is 43.8 Å². The molecule has 1 aromatic carbocycles. The van der Waals surface area contributed by atoms with Crippen LogP contribution < -0.4 is 5.73 Å². The molecule has 0 aliphatic heterocycles. The predicted molar refractivity (Wildman–Crippen MR) is 82.2 cm³/mol. The number of halogens is 1. The highest BCUT2D eigenvalue weighted by Crippen LogP contribution is 2.40. The van der Waals surface area contributed by atoms with Crippen LogP contribution in [-0.4, -0.2) is 9.78 Å². The molecule has 1 saturated carbocycles. The van der Waals surface area contributed by atoms with Crippen molar-refractivity contribution in [1.82, 2.24) is 9.78 Å². The third kappa shape index (κ3) is 2.25. The van der Waals surface area contributed by atoms with E-state index in [2.05, 4.69) is 58.9 Å². The van der Waals surface area contributed by atoms with E-state index in [1.807, 2.05) is 10.9 Å². The first-order valence-corrected chi connectivity index (χ1v) is 7.33. The number of nitrogen functional groups attached to an aromatic ring is 1. The molecule has 1 fully saturated rings. The molecule has 1 aliphatic rings. The third-order valence-corrected chi connectivity index (χ3v) is 4.32. The second-order valence-corrected chi connectivity index (χ2v) is 6.24. The number of anilines is 1. The van der Waals surface area contributed by atoms with E-state index in [-0.39, 0.29) is 0 Å². The van der Waals surface area contributed by atoms with Crippen LogP contribution in [0.15, 0.2) is 30.5 Å². The molecule has 2 N–H and O–H groups in total. The molecule has 0 radical (unpaired) electrons. The average molecular weight is 353 g/mol. The van der Waals surface area contributed by atoms with Crippen LogP contribution in [0.3, 0.4) is 0 Å². The fourth-order valence-corrected chi connectivity index (χ4v) is 2.60. The summed E-state index contributed by atoms with van der Waals surface area (Å²) in [5.74, 6) is 0.786. The zero-order valence-electron chi connectivity index (χ0n) is 10.3. The number of hydrogen-bond acceptors (Lipinski definition) is 2. The molecule has 0 saturated heterocycles. The maximum atomic E-state index is 6.08. The predicted octanol–water partition coefficient (Wildman–Crippen LogP) is 3.71. The minimum Gasteiger partial charge on any atom is -0.396 e. The Labute approximate surface area is 121 Å². The van der Waals surface area contributed by atoms with Gasteiger partial charge in [0, 0.05) is 15.3 Å². The van der Waals surface area contributed by atoms with Crippen LogP contribution in [0.25, 0.3) is 11.3 Å². The van der Waals surface area contributed by atoms with Gasteiger partial charge in [-0.25, -0.2) is 0 Å². The molecular formula is C14H16IN3. The number of nitrogens with two attached hydrogens (primary N) is 1. The first kappa shape index (κ1) is 12.0. The van der Waals surface area contributed by atoms with Gasteiger partial charge in [0.15, 0.2) is 0 Å². The van der Waals surface area contributed by atoms with Crippen LogP contribution in [0.5, 0.6) is 0 Å². The molecule has 18 heavy (non-hydrogen) atoms. The zero-order chi connectivity index (χ0) is 12.7. The Morgan fingerprint density at radius 1 is 1.33 bits per heavy atom. The van der Waals surface area contributed by atoms with Crippen LogP contribution in [0.1, 0.15) is 25.8 Å². The zero-order valence-corrected chi connectivity index (χ0v) is 12.5. The van der Waals surface area contributed by atoms with E-state index in [1.54, 1.807) is 0 Å². The molecule has 1 aliphatic carbocycles. The van der Waals surface area contributed by atoms with Gasteiger partial charge in [0.05, 0.1) is 11.7 Å². The summed E-state index contributed by atoms with van der Waals surface area (Å²) in [4.78, 5) is 0. The molecule has 94 valence electrons. The standard InChI is InChI=1S/C14H16IN3/c1-9(10-2-3-10)18-8-13(16)14(17-18)11-4-6-12(15)7-5-11/h4-10H,2-3,16H2,1H3. The monoisotopic (exact) mass is 353 g/mol. The molecule has 0 spiro atoms. The van der Waals surface area contributed by atoms with E-state index in [4.69, 9.17) is 5.73 Å². The molecule has 3 rings (SSSR count). The highest BCUT2D eigenvalue weighted by Gasteiger charge is 2.30. The van der Waals surface area contributed by atoms with E-state index in [0.29, 0.717) is 6.04 Å². The molecule has 4 heteroatoms. The highest BCUT2D eigenvalue weighted by molar-refractivity contribution is 14.1. The average Bonchev–Trinajstić information content (AvgIpc) is 3.13. The second kappa shape index (κ2) is 4.57. The van der Waals surface area contributed by atoms with Crippen LogP contribution in [0, 0.1) is 9.49 Å². The lowest BCUT2D eigenvalue weighted by molar-refractivity contribution is 0.441. The Bertz CT molecular complexity index is 555. The lowest BCUT2D eigenvalue weighted by Crippen LogP contribution is -2.07. The summed E-state index contributed by atoms with van der Waals surface area (Å²) in [5.41, 5.74) is 8.85. The summed E-state index contributed by atoms with van der Waals surface area (Å²) in [6.07, 6.45) is 4.61. The van der Waals surface area contributed by atoms with Gasteiger partial charge < -0.3 is 5.73 Å². The van der Waals surface area contributed by atoms with Crippen LogP contribution in [0.2, 0.25) is 0 Å². The third-order valence-electron chi connectivity index (χ3n) is 3.60. The lowest BCUT2D eigenvalue weighted by atomic mass is 10.1. The van der Waals surface area contributed by atoms with Gasteiger partial charge in [-0.05, 0) is 60.4 Å². The Hall–Kier alpha value is -1.04. The SMILES string of the molecule is CC(C1CC1)n1cc(N)c(-c2ccc(I)cc2)n1. The molecule has 1 unspecified atom stereocenters. The first-order valence-electron chi connectivity index (χ1n) is 6.25. The molecule has 1 heterocycles. The van der Waals surface area contributed by atoms with Gasteiger partial charge >= 0.3 is 0 Å². The Morgan fingerprint density at radius 3 is 2.61 bits per heavy atom. The van der Waals surface area contributed by atoms with Gasteiger partial charge in [0.1, 0.15) is 5.69 Å². The van der Waals surface area contributed by atoms with Crippen molar-refractivity contribution in [2.45, 2.75) is 25.8 Å². The minimum absolute atomic E-state index is 0.463. The van der Waals surface area contributed by atoms with Crippen molar-refractivity contribution in [2.75, 3.05) is 5.73 Å². The van der Waals surface area contributed by atoms with Gasteiger partial charge in [-0.2, -0.15) is 5.10 Å². The van der Waals surface area contributed by atoms with Crippen molar-refractivity contribution in [3.8, 4) is 11.3 Å². The van der Waals surface area contributed by atoms with Gasteiger partial charge in [0.25, 0.3) is 0 Å². The van der Waals surface area contributed by atoms with Crippen LogP contribution >= 0.6 is 22.6 Å². The van der Waals surface area contributed by atoms with E-state index >= 15 is 0 Å². The highest BCUT2D eigenvalue weighted by atomic mass is 127. The normalized spacial score (nSPS) is 16.8. The van der Waals surface area contributed by atoms with Gasteiger partial charge in [-0.1, -0.05) is 12.1 Å². The number of nitrogens with zero attached hydrogens (tertiary/aromatic N) is 2. The van der Waals surface area contributed by atoms with Crippen molar-refractivity contribution in [3.63, 3.8) is 0 Å². The smallest absolute Gasteiger partial charge is 0.115 e. The summed E-state index contributed by atoms with van der Waals surface area (Å²) in [6.45, 7) is 2.22. The molecule has 1 aromatic heterocycles. The van der Waals surface area contributed by atoms with Crippen molar-refractivity contribution in [3.05, 3.63) is 34.0 Å². The minimum atomic E-state index is 0.463. The summed E-state index contributed by atoms with van der Waals surface area (Å²) in [7, 11) is 0. The molecule has 0 bridgehead atoms. The van der Waals surface area contributed by atoms with Crippen molar-refractivity contribution in [2.24, 2.45) is 5.92 Å². The molecule has 1 atom stereocenters. The van der Waals surface area contributed by atoms with Crippen LogP contribution in [0.4, 0.5) is 5.69 Å². The van der Waals surface area contributed by atoms with Crippen LogP contribution in [-0.2, 0) is 0 Å². The number of hydrogen-bond donors (Lipinski definition) is 1. The fraction of sp³-hybridized carbons (Fsp3) is 0.357. The summed E-state index contributed by atoms with van der Waals surface area (Å²) in [6, 6.07) is 8.78. The van der Waals surface area contributed by atoms with Gasteiger partial charge in [0.2, 0.25) is 0 Å². The summed E-state index contributed by atoms with van der Waals surface area (Å²) >= 11 is 2.30. The largest absolute Gasteiger partial charge is 0.396 e. The van der Waals surface area contributed by atoms with Crippen molar-refractivity contribution in [1.29, 1.82) is 0 Å². The number of aromatic nitrogens is 2. The van der Waals surface area contributed by atoms with E-state index in [0.717, 1.165) is 22.9 Å². The molecule has 2 aromatic rings. The number of benzene rings is 1.